The maximum Gasteiger partial charge on any atom is 0.270 e. The number of nitrogens with zero attached hydrogens (tertiary/aromatic N) is 8. The zero-order valence-electron chi connectivity index (χ0n) is 23.5. The molecule has 2 aliphatic carbocycles. The van der Waals surface area contributed by atoms with E-state index in [0.29, 0.717) is 0 Å². The van der Waals surface area contributed by atoms with Gasteiger partial charge in [-0.25, -0.2) is 60.6 Å². The quantitative estimate of drug-likeness (QED) is 0.119. The highest BCUT2D eigenvalue weighted by atomic mass is 19.2. The fourth-order valence-electron chi connectivity index (χ4n) is 5.55. The van der Waals surface area contributed by atoms with Gasteiger partial charge in [-0.2, -0.15) is 10.5 Å². The van der Waals surface area contributed by atoms with Gasteiger partial charge in [0.05, 0.1) is 44.0 Å². The number of benzene rings is 3. The van der Waals surface area contributed by atoms with Gasteiger partial charge in [0, 0.05) is 39.0 Å². The maximum absolute atomic E-state index is 17.0. The summed E-state index contributed by atoms with van der Waals surface area (Å²) in [6.07, 6.45) is 0. The minimum Gasteiger partial charge on any atom is -0.237 e. The Morgan fingerprint density at radius 2 is 1.12 bits per heavy atom. The van der Waals surface area contributed by atoms with Crippen LogP contribution in [0.4, 0.5) is 36.4 Å². The van der Waals surface area contributed by atoms with Crippen molar-refractivity contribution in [1.29, 1.82) is 21.0 Å². The third-order valence-corrected chi connectivity index (χ3v) is 7.47. The largest absolute Gasteiger partial charge is 0.270 e. The van der Waals surface area contributed by atoms with Gasteiger partial charge >= 0.3 is 0 Å². The van der Waals surface area contributed by atoms with Gasteiger partial charge in [0.25, 0.3) is 17.1 Å². The molecule has 0 amide bonds. The van der Waals surface area contributed by atoms with Crippen LogP contribution in [0.3, 0.4) is 0 Å². The highest BCUT2D eigenvalue weighted by Gasteiger charge is 2.42. The van der Waals surface area contributed by atoms with Crippen LogP contribution in [0.25, 0.3) is 52.9 Å². The topological polar surface area (TPSA) is 113 Å². The van der Waals surface area contributed by atoms with Crippen molar-refractivity contribution in [3.8, 4) is 24.3 Å². The minimum absolute atomic E-state index is 0.277. The van der Waals surface area contributed by atoms with Crippen LogP contribution in [0.15, 0.2) is 29.6 Å². The van der Waals surface area contributed by atoms with Crippen molar-refractivity contribution in [2.75, 3.05) is 0 Å². The molecule has 0 saturated carbocycles. The predicted octanol–water partition coefficient (Wildman–Crippen LogP) is 8.64. The highest BCUT2D eigenvalue weighted by molar-refractivity contribution is 6.29. The molecular formula is C34H3F7N8. The first kappa shape index (κ1) is 32.4. The second-order valence-electron chi connectivity index (χ2n) is 9.64. The molecule has 0 N–H and O–H groups in total. The van der Waals surface area contributed by atoms with E-state index in [1.165, 1.54) is 12.1 Å². The lowest BCUT2D eigenvalue weighted by molar-refractivity contribution is 0.489. The average Bonchev–Trinajstić information content (AvgIpc) is 3.59. The van der Waals surface area contributed by atoms with Crippen molar-refractivity contribution in [2.45, 2.75) is 0 Å². The van der Waals surface area contributed by atoms with Gasteiger partial charge in [-0.15, -0.1) is 0 Å². The van der Waals surface area contributed by atoms with Crippen LogP contribution in [-0.2, 0) is 0 Å². The van der Waals surface area contributed by atoms with Gasteiger partial charge in [-0.1, -0.05) is 0 Å². The van der Waals surface area contributed by atoms with E-state index in [1.54, 1.807) is 6.07 Å². The highest BCUT2D eigenvalue weighted by Crippen LogP contribution is 2.57. The summed E-state index contributed by atoms with van der Waals surface area (Å²) < 4.78 is 107. The number of fused-ring (bicyclic) bond motifs is 2. The molecule has 2 aliphatic rings. The second-order valence-corrected chi connectivity index (χ2v) is 9.64. The molecule has 15 heteroatoms. The summed E-state index contributed by atoms with van der Waals surface area (Å²) in [7, 11) is 0. The zero-order valence-corrected chi connectivity index (χ0v) is 23.5. The lowest BCUT2D eigenvalue weighted by Crippen LogP contribution is -2.03. The Morgan fingerprint density at radius 1 is 0.551 bits per heavy atom. The van der Waals surface area contributed by atoms with E-state index in [9.17, 15) is 33.3 Å². The number of hydrogen-bond donors (Lipinski definition) is 0. The number of allylic oxidation sites excluding steroid dienone is 7. The Bertz CT molecular complexity index is 2630. The zero-order chi connectivity index (χ0) is 36.1. The number of hydrogen-bond acceptors (Lipinski definition) is 4. The third kappa shape index (κ3) is 4.31. The van der Waals surface area contributed by atoms with Crippen molar-refractivity contribution in [1.82, 2.24) is 0 Å². The molecule has 8 nitrogen and oxygen atoms in total. The van der Waals surface area contributed by atoms with Crippen LogP contribution in [0.2, 0.25) is 0 Å². The molecule has 0 spiro atoms. The molecule has 49 heavy (non-hydrogen) atoms. The normalized spacial score (nSPS) is 14.6. The smallest absolute Gasteiger partial charge is 0.237 e. The van der Waals surface area contributed by atoms with E-state index < -0.39 is 130 Å². The fourth-order valence-corrected chi connectivity index (χ4v) is 5.55. The summed E-state index contributed by atoms with van der Waals surface area (Å²) in [6.45, 7) is 29.7. The molecular weight excluding hydrogens is 653 g/mol. The molecule has 0 heterocycles. The Balaban J connectivity index is 2.03. The summed E-state index contributed by atoms with van der Waals surface area (Å²) in [5, 5.41) is 38.8. The Morgan fingerprint density at radius 3 is 1.65 bits per heavy atom. The van der Waals surface area contributed by atoms with Gasteiger partial charge < -0.3 is 0 Å². The summed E-state index contributed by atoms with van der Waals surface area (Å²) >= 11 is 0. The molecule has 228 valence electrons. The van der Waals surface area contributed by atoms with Gasteiger partial charge in [0.1, 0.15) is 35.2 Å². The Labute approximate surface area is 270 Å². The first-order valence-electron chi connectivity index (χ1n) is 12.7. The molecule has 0 atom stereocenters. The molecule has 3 aromatic carbocycles. The SMILES string of the molecule is [C-]#[N+]C1=C(c2cc(F)c([N+]#[C-])c(F)c2F)/C(=C(/C#N)[N+]#[C-])c2cc3c(c(F)c21)/C(=C(/C#N)[N+]#[C-])C(c1cc(F)c(C#N)c(F)c1F)=C3C#N. The Kier molecular flexibility index (Phi) is 7.79. The molecule has 0 saturated heterocycles. The van der Waals surface area contributed by atoms with E-state index in [-0.39, 0.29) is 12.1 Å². The van der Waals surface area contributed by atoms with Crippen LogP contribution in [0.1, 0.15) is 38.9 Å². The van der Waals surface area contributed by atoms with Crippen molar-refractivity contribution in [2.24, 2.45) is 0 Å². The lowest BCUT2D eigenvalue weighted by atomic mass is 9.91. The molecule has 0 aliphatic heterocycles. The van der Waals surface area contributed by atoms with E-state index in [0.717, 1.165) is 12.1 Å². The first-order valence-corrected chi connectivity index (χ1v) is 12.7. The van der Waals surface area contributed by atoms with Crippen molar-refractivity contribution >= 4 is 39.2 Å². The monoisotopic (exact) mass is 656 g/mol. The standard InChI is InChI=1S/C34H3F7N8/c1-46-20(10-44)23-13-5-12-16(8-42)22(14-6-18(35)17(9-43)30(39)28(14)37)27(21(11-45)47-2)24(12)31(40)26(13)34(49-4)25(23)15-7-19(36)33(48-3)32(41)29(15)38/h5-7H/b23-20-,27-21-. The minimum atomic E-state index is -2.02. The van der Waals surface area contributed by atoms with E-state index in [4.69, 9.17) is 31.6 Å². The van der Waals surface area contributed by atoms with E-state index in [2.05, 4.69) is 19.4 Å². The van der Waals surface area contributed by atoms with Gasteiger partial charge in [-0.05, 0) is 34.9 Å². The number of nitriles is 4. The second kappa shape index (κ2) is 11.8. The molecule has 5 rings (SSSR count). The van der Waals surface area contributed by atoms with Crippen molar-refractivity contribution in [3.63, 3.8) is 0 Å². The van der Waals surface area contributed by atoms with E-state index in [1.807, 2.05) is 0 Å². The molecule has 0 aromatic heterocycles. The van der Waals surface area contributed by atoms with Crippen LogP contribution in [-0.4, -0.2) is 0 Å². The third-order valence-electron chi connectivity index (χ3n) is 7.47. The van der Waals surface area contributed by atoms with Crippen LogP contribution >= 0.6 is 0 Å². The maximum atomic E-state index is 17.0. The summed E-state index contributed by atoms with van der Waals surface area (Å²) in [5.74, 6) is -12.7. The van der Waals surface area contributed by atoms with Gasteiger partial charge in [-0.3, -0.25) is 0 Å². The van der Waals surface area contributed by atoms with Gasteiger partial charge in [0.15, 0.2) is 23.3 Å². The lowest BCUT2D eigenvalue weighted by Gasteiger charge is -2.14. The van der Waals surface area contributed by atoms with E-state index >= 15 is 13.2 Å². The number of halogens is 7. The molecule has 0 radical (unpaired) electrons. The van der Waals surface area contributed by atoms with Crippen LogP contribution < -0.4 is 0 Å². The first-order chi connectivity index (χ1) is 23.4. The van der Waals surface area contributed by atoms with Crippen molar-refractivity contribution in [3.05, 3.63) is 155 Å². The summed E-state index contributed by atoms with van der Waals surface area (Å²) in [5.41, 5.74) is -15.1. The van der Waals surface area contributed by atoms with Crippen LogP contribution in [0, 0.1) is 112 Å². The molecule has 0 unspecified atom stereocenters. The predicted molar refractivity (Wildman–Crippen MR) is 154 cm³/mol. The molecule has 0 fully saturated rings. The average molecular weight is 656 g/mol. The molecule has 3 aromatic rings. The van der Waals surface area contributed by atoms with Gasteiger partial charge in [0.2, 0.25) is 5.70 Å². The summed E-state index contributed by atoms with van der Waals surface area (Å²) in [6, 6.07) is 6.95. The number of rotatable bonds is 2. The summed E-state index contributed by atoms with van der Waals surface area (Å²) in [4.78, 5) is 11.7. The fraction of sp³-hybridized carbons (Fsp3) is 0. The van der Waals surface area contributed by atoms with Crippen molar-refractivity contribution < 1.29 is 30.7 Å². The van der Waals surface area contributed by atoms with Crippen LogP contribution in [0.5, 0.6) is 0 Å². The Hall–Kier alpha value is -7.95. The molecule has 0 bridgehead atoms.